The Labute approximate surface area is 103 Å². The molecule has 0 aliphatic heterocycles. The van der Waals surface area contributed by atoms with E-state index in [1.807, 2.05) is 13.8 Å². The lowest BCUT2D eigenvalue weighted by atomic mass is 10.1. The average molecular weight is 245 g/mol. The summed E-state index contributed by atoms with van der Waals surface area (Å²) in [7, 11) is 0. The molecule has 0 aromatic rings. The van der Waals surface area contributed by atoms with Gasteiger partial charge >= 0.3 is 12.1 Å². The van der Waals surface area contributed by atoms with E-state index in [1.54, 1.807) is 18.7 Å². The molecule has 0 N–H and O–H groups in total. The number of rotatable bonds is 7. The first-order valence-corrected chi connectivity index (χ1v) is 6.15. The Hall–Kier alpha value is -1.26. The third-order valence-electron chi connectivity index (χ3n) is 2.49. The van der Waals surface area contributed by atoms with Gasteiger partial charge in [-0.3, -0.25) is 4.79 Å². The summed E-state index contributed by atoms with van der Waals surface area (Å²) in [6.45, 7) is 9.20. The Morgan fingerprint density at radius 3 is 2.18 bits per heavy atom. The first-order valence-electron chi connectivity index (χ1n) is 6.15. The summed E-state index contributed by atoms with van der Waals surface area (Å²) in [4.78, 5) is 24.4. The molecule has 1 atom stereocenters. The summed E-state index contributed by atoms with van der Waals surface area (Å²) < 4.78 is 9.93. The molecule has 0 fully saturated rings. The number of hydrogen-bond donors (Lipinski definition) is 0. The van der Waals surface area contributed by atoms with Crippen LogP contribution >= 0.6 is 0 Å². The molecule has 100 valence electrons. The largest absolute Gasteiger partial charge is 0.466 e. The number of ether oxygens (including phenoxy) is 2. The number of esters is 1. The number of nitrogens with zero attached hydrogens (tertiary/aromatic N) is 1. The quantitative estimate of drug-likeness (QED) is 0.644. The zero-order chi connectivity index (χ0) is 13.3. The molecule has 17 heavy (non-hydrogen) atoms. The standard InChI is InChI=1S/C12H23NO4/c1-5-13(6-2)12(15)17-9-8-10(4)11(14)16-7-3/h10H,5-9H2,1-4H3. The Bertz CT molecular complexity index is 239. The molecule has 0 heterocycles. The summed E-state index contributed by atoms with van der Waals surface area (Å²) in [5, 5.41) is 0. The second kappa shape index (κ2) is 8.84. The summed E-state index contributed by atoms with van der Waals surface area (Å²) in [6.07, 6.45) is 0.164. The van der Waals surface area contributed by atoms with E-state index in [9.17, 15) is 9.59 Å². The Morgan fingerprint density at radius 2 is 1.71 bits per heavy atom. The van der Waals surface area contributed by atoms with E-state index in [1.165, 1.54) is 0 Å². The van der Waals surface area contributed by atoms with Crippen molar-refractivity contribution in [2.24, 2.45) is 5.92 Å². The second-order valence-electron chi connectivity index (χ2n) is 3.73. The second-order valence-corrected chi connectivity index (χ2v) is 3.73. The van der Waals surface area contributed by atoms with Crippen LogP contribution in [0.2, 0.25) is 0 Å². The van der Waals surface area contributed by atoms with E-state index >= 15 is 0 Å². The van der Waals surface area contributed by atoms with Gasteiger partial charge in [-0.2, -0.15) is 0 Å². The van der Waals surface area contributed by atoms with E-state index in [0.717, 1.165) is 0 Å². The molecule has 5 heteroatoms. The molecule has 0 bridgehead atoms. The maximum absolute atomic E-state index is 11.5. The monoisotopic (exact) mass is 245 g/mol. The smallest absolute Gasteiger partial charge is 0.409 e. The van der Waals surface area contributed by atoms with E-state index in [4.69, 9.17) is 9.47 Å². The van der Waals surface area contributed by atoms with Gasteiger partial charge in [-0.25, -0.2) is 4.79 Å². The highest BCUT2D eigenvalue weighted by Gasteiger charge is 2.16. The molecule has 5 nitrogen and oxygen atoms in total. The third-order valence-corrected chi connectivity index (χ3v) is 2.49. The van der Waals surface area contributed by atoms with E-state index in [0.29, 0.717) is 26.1 Å². The van der Waals surface area contributed by atoms with Gasteiger partial charge in [-0.1, -0.05) is 6.92 Å². The van der Waals surface area contributed by atoms with Gasteiger partial charge in [0.05, 0.1) is 19.1 Å². The SMILES string of the molecule is CCOC(=O)C(C)CCOC(=O)N(CC)CC. The van der Waals surface area contributed by atoms with Crippen LogP contribution in [0.5, 0.6) is 0 Å². The van der Waals surface area contributed by atoms with E-state index in [-0.39, 0.29) is 24.6 Å². The molecule has 0 aliphatic carbocycles. The van der Waals surface area contributed by atoms with Gasteiger partial charge in [0, 0.05) is 13.1 Å². The van der Waals surface area contributed by atoms with Gasteiger partial charge in [-0.05, 0) is 27.2 Å². The van der Waals surface area contributed by atoms with Crippen LogP contribution in [0.1, 0.15) is 34.1 Å². The molecule has 0 saturated carbocycles. The fraction of sp³-hybridized carbons (Fsp3) is 0.833. The Balaban J connectivity index is 3.83. The van der Waals surface area contributed by atoms with Crippen LogP contribution in [0, 0.1) is 5.92 Å². The minimum atomic E-state index is -0.328. The zero-order valence-corrected chi connectivity index (χ0v) is 11.2. The van der Waals surface area contributed by atoms with Crippen molar-refractivity contribution in [1.29, 1.82) is 0 Å². The molecule has 1 unspecified atom stereocenters. The van der Waals surface area contributed by atoms with Crippen molar-refractivity contribution in [1.82, 2.24) is 4.90 Å². The van der Waals surface area contributed by atoms with Gasteiger partial charge in [-0.15, -0.1) is 0 Å². The van der Waals surface area contributed by atoms with Crippen molar-refractivity contribution in [2.75, 3.05) is 26.3 Å². The molecule has 0 aromatic heterocycles. The number of carbonyl (C=O) groups is 2. The van der Waals surface area contributed by atoms with E-state index in [2.05, 4.69) is 0 Å². The van der Waals surface area contributed by atoms with Gasteiger partial charge in [0.1, 0.15) is 0 Å². The first-order chi connectivity index (χ1) is 8.06. The number of carbonyl (C=O) groups excluding carboxylic acids is 2. The zero-order valence-electron chi connectivity index (χ0n) is 11.2. The van der Waals surface area contributed by atoms with Gasteiger partial charge in [0.25, 0.3) is 0 Å². The normalized spacial score (nSPS) is 11.8. The topological polar surface area (TPSA) is 55.8 Å². The van der Waals surface area contributed by atoms with Crippen molar-refractivity contribution < 1.29 is 19.1 Å². The fourth-order valence-corrected chi connectivity index (χ4v) is 1.30. The van der Waals surface area contributed by atoms with Crippen LogP contribution in [0.4, 0.5) is 4.79 Å². The third kappa shape index (κ3) is 6.14. The molecule has 0 radical (unpaired) electrons. The van der Waals surface area contributed by atoms with Crippen LogP contribution in [0.15, 0.2) is 0 Å². The molecular formula is C12H23NO4. The maximum Gasteiger partial charge on any atom is 0.409 e. The predicted molar refractivity (Wildman–Crippen MR) is 64.7 cm³/mol. The van der Waals surface area contributed by atoms with Crippen molar-refractivity contribution in [3.8, 4) is 0 Å². The minimum absolute atomic E-state index is 0.237. The minimum Gasteiger partial charge on any atom is -0.466 e. The lowest BCUT2D eigenvalue weighted by Crippen LogP contribution is -2.31. The van der Waals surface area contributed by atoms with Gasteiger partial charge in [0.2, 0.25) is 0 Å². The highest BCUT2D eigenvalue weighted by atomic mass is 16.6. The molecule has 0 aliphatic rings. The lowest BCUT2D eigenvalue weighted by molar-refractivity contribution is -0.147. The maximum atomic E-state index is 11.5. The lowest BCUT2D eigenvalue weighted by Gasteiger charge is -2.18. The van der Waals surface area contributed by atoms with Crippen LogP contribution in [-0.4, -0.2) is 43.3 Å². The molecule has 0 spiro atoms. The van der Waals surface area contributed by atoms with E-state index < -0.39 is 0 Å². The average Bonchev–Trinajstić information content (AvgIpc) is 2.30. The first kappa shape index (κ1) is 15.7. The fourth-order valence-electron chi connectivity index (χ4n) is 1.30. The van der Waals surface area contributed by atoms with Crippen LogP contribution in [0.25, 0.3) is 0 Å². The molecule has 1 amide bonds. The Morgan fingerprint density at radius 1 is 1.12 bits per heavy atom. The van der Waals surface area contributed by atoms with Crippen LogP contribution in [0.3, 0.4) is 0 Å². The highest BCUT2D eigenvalue weighted by molar-refractivity contribution is 5.72. The van der Waals surface area contributed by atoms with Crippen LogP contribution < -0.4 is 0 Å². The van der Waals surface area contributed by atoms with Gasteiger partial charge < -0.3 is 14.4 Å². The molecule has 0 saturated heterocycles. The van der Waals surface area contributed by atoms with Gasteiger partial charge in [0.15, 0.2) is 0 Å². The summed E-state index contributed by atoms with van der Waals surface area (Å²) in [5.41, 5.74) is 0. The molecular weight excluding hydrogens is 222 g/mol. The van der Waals surface area contributed by atoms with Crippen molar-refractivity contribution in [2.45, 2.75) is 34.1 Å². The predicted octanol–water partition coefficient (Wildman–Crippen LogP) is 2.05. The number of amides is 1. The number of hydrogen-bond acceptors (Lipinski definition) is 4. The highest BCUT2D eigenvalue weighted by Crippen LogP contribution is 2.05. The van der Waals surface area contributed by atoms with Crippen molar-refractivity contribution in [3.05, 3.63) is 0 Å². The summed E-state index contributed by atoms with van der Waals surface area (Å²) in [6, 6.07) is 0. The van der Waals surface area contributed by atoms with Crippen molar-refractivity contribution >= 4 is 12.1 Å². The molecule has 0 aromatic carbocycles. The Kier molecular flexibility index (Phi) is 8.19. The summed E-state index contributed by atoms with van der Waals surface area (Å²) in [5.74, 6) is -0.481. The molecule has 0 rings (SSSR count). The summed E-state index contributed by atoms with van der Waals surface area (Å²) >= 11 is 0. The van der Waals surface area contributed by atoms with Crippen molar-refractivity contribution in [3.63, 3.8) is 0 Å². The van der Waals surface area contributed by atoms with Crippen LogP contribution in [-0.2, 0) is 14.3 Å².